The predicted molar refractivity (Wildman–Crippen MR) is 66.8 cm³/mol. The van der Waals surface area contributed by atoms with Crippen LogP contribution in [0.1, 0.15) is 16.7 Å². The minimum absolute atomic E-state index is 0.0593. The monoisotopic (exact) mass is 229 g/mol. The van der Waals surface area contributed by atoms with Crippen LogP contribution in [0.5, 0.6) is 0 Å². The summed E-state index contributed by atoms with van der Waals surface area (Å²) in [5.41, 5.74) is 4.83. The Morgan fingerprint density at radius 3 is 2.94 bits per heavy atom. The molecule has 17 heavy (non-hydrogen) atoms. The summed E-state index contributed by atoms with van der Waals surface area (Å²) in [5.74, 6) is 0.785. The molecule has 1 aromatic carbocycles. The summed E-state index contributed by atoms with van der Waals surface area (Å²) in [7, 11) is 1.82. The topological polar surface area (TPSA) is 44.7 Å². The Labute approximate surface area is 100 Å². The quantitative estimate of drug-likeness (QED) is 0.725. The molecule has 1 N–H and O–H groups in total. The molecule has 1 aromatic rings. The molecule has 1 unspecified atom stereocenters. The van der Waals surface area contributed by atoms with Crippen LogP contribution in [0.25, 0.3) is 0 Å². The lowest BCUT2D eigenvalue weighted by Crippen LogP contribution is -2.35. The average molecular weight is 229 g/mol. The van der Waals surface area contributed by atoms with Gasteiger partial charge in [0.25, 0.3) is 0 Å². The molecule has 1 fully saturated rings. The van der Waals surface area contributed by atoms with Gasteiger partial charge in [-0.15, -0.1) is 0 Å². The molecule has 0 saturated carbocycles. The van der Waals surface area contributed by atoms with E-state index in [2.05, 4.69) is 30.2 Å². The number of nitrogens with one attached hydrogen (secondary N) is 1. The van der Waals surface area contributed by atoms with Gasteiger partial charge in [-0.05, 0) is 36.6 Å². The summed E-state index contributed by atoms with van der Waals surface area (Å²) in [5, 5.41) is 2.82. The van der Waals surface area contributed by atoms with Crippen LogP contribution in [0.4, 0.5) is 10.5 Å². The zero-order valence-electron chi connectivity index (χ0n) is 10.2. The molecular weight excluding hydrogens is 214 g/mol. The average Bonchev–Trinajstić information content (AvgIpc) is 2.58. The molecule has 2 aliphatic heterocycles. The largest absolute Gasteiger partial charge is 0.323 e. The fourth-order valence-corrected chi connectivity index (χ4v) is 2.49. The molecule has 0 bridgehead atoms. The second kappa shape index (κ2) is 3.32. The Balaban J connectivity index is 2.12. The molecular formula is C13H15N3O. The molecule has 2 amide bonds. The van der Waals surface area contributed by atoms with Gasteiger partial charge in [-0.1, -0.05) is 6.07 Å². The number of carbonyl (C=O) groups is 1. The van der Waals surface area contributed by atoms with Crippen molar-refractivity contribution < 1.29 is 4.79 Å². The second-order valence-corrected chi connectivity index (χ2v) is 4.76. The summed E-state index contributed by atoms with van der Waals surface area (Å²) >= 11 is 0. The van der Waals surface area contributed by atoms with Crippen LogP contribution in [0, 0.1) is 13.8 Å². The Bertz CT molecular complexity index is 548. The number of fused-ring (bicyclic) bond motifs is 2. The lowest BCUT2D eigenvalue weighted by molar-refractivity contribution is 0.217. The minimum Gasteiger partial charge on any atom is -0.317 e. The number of nitrogens with zero attached hydrogens (tertiary/aromatic N) is 2. The van der Waals surface area contributed by atoms with Crippen LogP contribution >= 0.6 is 0 Å². The first-order valence-electron chi connectivity index (χ1n) is 5.79. The number of amidine groups is 1. The molecule has 2 heterocycles. The fourth-order valence-electron chi connectivity index (χ4n) is 2.49. The van der Waals surface area contributed by atoms with Crippen molar-refractivity contribution in [1.82, 2.24) is 10.2 Å². The SMILES string of the molecule is Cc1ccc2c(c1C)CC1C(=N2)NC(=O)N1C. The van der Waals surface area contributed by atoms with Crippen molar-refractivity contribution in [2.45, 2.75) is 26.3 Å². The van der Waals surface area contributed by atoms with Gasteiger partial charge in [0.1, 0.15) is 5.84 Å². The second-order valence-electron chi connectivity index (χ2n) is 4.76. The van der Waals surface area contributed by atoms with Crippen molar-refractivity contribution >= 4 is 17.6 Å². The first-order chi connectivity index (χ1) is 8.08. The zero-order chi connectivity index (χ0) is 12.2. The summed E-state index contributed by atoms with van der Waals surface area (Å²) < 4.78 is 0. The number of aryl methyl sites for hydroxylation is 1. The molecule has 4 nitrogen and oxygen atoms in total. The standard InChI is InChI=1S/C13H15N3O/c1-7-4-5-10-9(8(7)2)6-11-12(14-10)15-13(17)16(11)3/h4-5,11H,6H2,1-3H3,(H,14,15,17). The van der Waals surface area contributed by atoms with Crippen LogP contribution in [-0.2, 0) is 6.42 Å². The number of aliphatic imine (C=N–C) groups is 1. The van der Waals surface area contributed by atoms with Crippen LogP contribution in [0.15, 0.2) is 17.1 Å². The fraction of sp³-hybridized carbons (Fsp3) is 0.385. The highest BCUT2D eigenvalue weighted by molar-refractivity contribution is 6.09. The summed E-state index contributed by atoms with van der Waals surface area (Å²) in [6, 6.07) is 4.14. The number of likely N-dealkylation sites (N-methyl/N-ethyl adjacent to an activating group) is 1. The molecule has 4 heteroatoms. The molecule has 0 aromatic heterocycles. The van der Waals surface area contributed by atoms with Gasteiger partial charge in [-0.3, -0.25) is 5.32 Å². The predicted octanol–water partition coefficient (Wildman–Crippen LogP) is 1.91. The van der Waals surface area contributed by atoms with E-state index in [9.17, 15) is 4.79 Å². The van der Waals surface area contributed by atoms with Gasteiger partial charge < -0.3 is 4.90 Å². The van der Waals surface area contributed by atoms with Crippen LogP contribution in [0.2, 0.25) is 0 Å². The lowest BCUT2D eigenvalue weighted by atomic mass is 9.93. The summed E-state index contributed by atoms with van der Waals surface area (Å²) in [6.07, 6.45) is 0.858. The Kier molecular flexibility index (Phi) is 2.02. The summed E-state index contributed by atoms with van der Waals surface area (Å²) in [4.78, 5) is 17.9. The third kappa shape index (κ3) is 1.37. The van der Waals surface area contributed by atoms with E-state index in [-0.39, 0.29) is 12.1 Å². The van der Waals surface area contributed by atoms with Gasteiger partial charge in [-0.25, -0.2) is 9.79 Å². The molecule has 3 rings (SSSR count). The number of urea groups is 1. The van der Waals surface area contributed by atoms with E-state index in [4.69, 9.17) is 0 Å². The molecule has 88 valence electrons. The highest BCUT2D eigenvalue weighted by Gasteiger charge is 2.37. The molecule has 1 saturated heterocycles. The number of rotatable bonds is 0. The normalized spacial score (nSPS) is 21.8. The first kappa shape index (κ1) is 10.3. The van der Waals surface area contributed by atoms with Crippen molar-refractivity contribution in [3.05, 3.63) is 28.8 Å². The molecule has 0 aliphatic carbocycles. The molecule has 0 spiro atoms. The number of benzene rings is 1. The maximum atomic E-state index is 11.6. The highest BCUT2D eigenvalue weighted by atomic mass is 16.2. The third-order valence-corrected chi connectivity index (χ3v) is 3.82. The number of amides is 2. The highest BCUT2D eigenvalue weighted by Crippen LogP contribution is 2.32. The maximum absolute atomic E-state index is 11.6. The van der Waals surface area contributed by atoms with Crippen LogP contribution in [-0.4, -0.2) is 29.9 Å². The van der Waals surface area contributed by atoms with Gasteiger partial charge in [0.15, 0.2) is 0 Å². The number of carbonyl (C=O) groups excluding carboxylic acids is 1. The van der Waals surface area contributed by atoms with Crippen LogP contribution in [0.3, 0.4) is 0 Å². The Morgan fingerprint density at radius 2 is 2.18 bits per heavy atom. The number of hydrogen-bond acceptors (Lipinski definition) is 2. The lowest BCUT2D eigenvalue weighted by Gasteiger charge is -2.24. The van der Waals surface area contributed by atoms with Gasteiger partial charge in [0.2, 0.25) is 0 Å². The van der Waals surface area contributed by atoms with E-state index in [1.165, 1.54) is 16.7 Å². The van der Waals surface area contributed by atoms with E-state index >= 15 is 0 Å². The Morgan fingerprint density at radius 1 is 1.41 bits per heavy atom. The molecule has 1 atom stereocenters. The van der Waals surface area contributed by atoms with E-state index in [1.54, 1.807) is 4.90 Å². The maximum Gasteiger partial charge on any atom is 0.323 e. The van der Waals surface area contributed by atoms with E-state index in [0.29, 0.717) is 0 Å². The molecule has 2 aliphatic rings. The van der Waals surface area contributed by atoms with E-state index < -0.39 is 0 Å². The smallest absolute Gasteiger partial charge is 0.317 e. The van der Waals surface area contributed by atoms with Gasteiger partial charge in [-0.2, -0.15) is 0 Å². The van der Waals surface area contributed by atoms with Crippen molar-refractivity contribution in [3.8, 4) is 0 Å². The molecule has 0 radical (unpaired) electrons. The van der Waals surface area contributed by atoms with Crippen LogP contribution < -0.4 is 5.32 Å². The number of hydrogen-bond donors (Lipinski definition) is 1. The van der Waals surface area contributed by atoms with Gasteiger partial charge >= 0.3 is 6.03 Å². The van der Waals surface area contributed by atoms with Crippen molar-refractivity contribution in [2.75, 3.05) is 7.05 Å². The first-order valence-corrected chi connectivity index (χ1v) is 5.79. The van der Waals surface area contributed by atoms with Crippen molar-refractivity contribution in [2.24, 2.45) is 4.99 Å². The minimum atomic E-state index is -0.0593. The van der Waals surface area contributed by atoms with Gasteiger partial charge in [0.05, 0.1) is 11.7 Å². The van der Waals surface area contributed by atoms with E-state index in [0.717, 1.165) is 17.9 Å². The zero-order valence-corrected chi connectivity index (χ0v) is 10.2. The third-order valence-electron chi connectivity index (χ3n) is 3.82. The summed E-state index contributed by atoms with van der Waals surface area (Å²) in [6.45, 7) is 4.23. The van der Waals surface area contributed by atoms with Crippen molar-refractivity contribution in [3.63, 3.8) is 0 Å². The van der Waals surface area contributed by atoms with E-state index in [1.807, 2.05) is 13.1 Å². The Hall–Kier alpha value is -1.84. The van der Waals surface area contributed by atoms with Crippen molar-refractivity contribution in [1.29, 1.82) is 0 Å². The van der Waals surface area contributed by atoms with Gasteiger partial charge in [0, 0.05) is 13.5 Å².